The first-order valence-electron chi connectivity index (χ1n) is 3.42. The van der Waals surface area contributed by atoms with Crippen molar-refractivity contribution in [3.63, 3.8) is 0 Å². The van der Waals surface area contributed by atoms with E-state index in [0.717, 1.165) is 0 Å². The summed E-state index contributed by atoms with van der Waals surface area (Å²) in [5.74, 6) is 0.555. The topological polar surface area (TPSA) is 55.5 Å². The first-order valence-corrected chi connectivity index (χ1v) is 3.80. The molecule has 66 valence electrons. The van der Waals surface area contributed by atoms with Crippen LogP contribution in [-0.4, -0.2) is 12.2 Å². The first-order chi connectivity index (χ1) is 5.70. The molecule has 3 nitrogen and oxygen atoms in total. The van der Waals surface area contributed by atoms with E-state index >= 15 is 0 Å². The summed E-state index contributed by atoms with van der Waals surface area (Å²) in [7, 11) is 1.52. The number of hydrogen-bond acceptors (Lipinski definition) is 3. The van der Waals surface area contributed by atoms with Crippen LogP contribution in [0.15, 0.2) is 12.1 Å². The van der Waals surface area contributed by atoms with Crippen LogP contribution in [0.4, 0.5) is 5.69 Å². The fraction of sp³-hybridized carbons (Fsp3) is 0.250. The van der Waals surface area contributed by atoms with Gasteiger partial charge in [0.05, 0.1) is 24.4 Å². The molecule has 0 unspecified atom stereocenters. The van der Waals surface area contributed by atoms with E-state index in [0.29, 0.717) is 22.0 Å². The van der Waals surface area contributed by atoms with E-state index in [2.05, 4.69) is 0 Å². The quantitative estimate of drug-likeness (QED) is 0.689. The van der Waals surface area contributed by atoms with E-state index in [9.17, 15) is 0 Å². The predicted molar refractivity (Wildman–Crippen MR) is 48.3 cm³/mol. The van der Waals surface area contributed by atoms with E-state index in [1.165, 1.54) is 7.11 Å². The number of halogens is 1. The Labute approximate surface area is 75.7 Å². The van der Waals surface area contributed by atoms with Gasteiger partial charge in [0, 0.05) is 5.56 Å². The third-order valence-electron chi connectivity index (χ3n) is 1.64. The lowest BCUT2D eigenvalue weighted by Crippen LogP contribution is -1.98. The normalized spacial score (nSPS) is 9.92. The molecule has 4 heteroatoms. The first kappa shape index (κ1) is 9.16. The van der Waals surface area contributed by atoms with Gasteiger partial charge >= 0.3 is 0 Å². The Morgan fingerprint density at radius 2 is 2.25 bits per heavy atom. The smallest absolute Gasteiger partial charge is 0.126 e. The molecule has 1 aromatic carbocycles. The van der Waals surface area contributed by atoms with Crippen molar-refractivity contribution in [2.75, 3.05) is 12.8 Å². The van der Waals surface area contributed by atoms with Crippen LogP contribution in [0.3, 0.4) is 0 Å². The molecule has 1 rings (SSSR count). The molecule has 0 bridgehead atoms. The van der Waals surface area contributed by atoms with E-state index < -0.39 is 0 Å². The molecule has 0 amide bonds. The Morgan fingerprint density at radius 3 is 2.75 bits per heavy atom. The van der Waals surface area contributed by atoms with Gasteiger partial charge in [0.15, 0.2) is 0 Å². The highest BCUT2D eigenvalue weighted by Gasteiger charge is 2.08. The summed E-state index contributed by atoms with van der Waals surface area (Å²) >= 11 is 5.73. The second kappa shape index (κ2) is 3.65. The molecule has 0 aromatic heterocycles. The van der Waals surface area contributed by atoms with Crippen LogP contribution >= 0.6 is 11.6 Å². The Morgan fingerprint density at radius 1 is 1.58 bits per heavy atom. The van der Waals surface area contributed by atoms with Crippen molar-refractivity contribution in [3.8, 4) is 5.75 Å². The van der Waals surface area contributed by atoms with Gasteiger partial charge < -0.3 is 15.6 Å². The van der Waals surface area contributed by atoms with Crippen LogP contribution in [0.2, 0.25) is 5.02 Å². The summed E-state index contributed by atoms with van der Waals surface area (Å²) in [6, 6.07) is 3.30. The van der Waals surface area contributed by atoms with Crippen molar-refractivity contribution >= 4 is 17.3 Å². The van der Waals surface area contributed by atoms with Crippen molar-refractivity contribution in [1.82, 2.24) is 0 Å². The lowest BCUT2D eigenvalue weighted by atomic mass is 10.1. The fourth-order valence-electron chi connectivity index (χ4n) is 0.970. The SMILES string of the molecule is COc1ccc(Cl)c(N)c1CO. The van der Waals surface area contributed by atoms with Crippen LogP contribution in [0.1, 0.15) is 5.56 Å². The number of nitrogen functional groups attached to an aromatic ring is 1. The maximum atomic E-state index is 8.94. The van der Waals surface area contributed by atoms with Gasteiger partial charge in [-0.25, -0.2) is 0 Å². The third-order valence-corrected chi connectivity index (χ3v) is 1.97. The van der Waals surface area contributed by atoms with Gasteiger partial charge in [-0.3, -0.25) is 0 Å². The molecule has 0 aliphatic heterocycles. The minimum absolute atomic E-state index is 0.171. The molecule has 0 atom stereocenters. The summed E-state index contributed by atoms with van der Waals surface area (Å²) in [6.45, 7) is -0.171. The summed E-state index contributed by atoms with van der Waals surface area (Å²) < 4.78 is 4.97. The molecule has 0 fully saturated rings. The third kappa shape index (κ3) is 1.47. The molecule has 1 aromatic rings. The zero-order valence-corrected chi connectivity index (χ0v) is 7.43. The predicted octanol–water partition coefficient (Wildman–Crippen LogP) is 1.42. The van der Waals surface area contributed by atoms with Crippen molar-refractivity contribution in [2.24, 2.45) is 0 Å². The molecular formula is C8H10ClNO2. The van der Waals surface area contributed by atoms with Crippen LogP contribution < -0.4 is 10.5 Å². The molecule has 0 aliphatic carbocycles. The summed E-state index contributed by atoms with van der Waals surface area (Å²) in [5.41, 5.74) is 6.50. The minimum Gasteiger partial charge on any atom is -0.496 e. The lowest BCUT2D eigenvalue weighted by Gasteiger charge is -2.09. The van der Waals surface area contributed by atoms with Crippen LogP contribution in [0.5, 0.6) is 5.75 Å². The van der Waals surface area contributed by atoms with Gasteiger partial charge in [0.2, 0.25) is 0 Å². The van der Waals surface area contributed by atoms with Crippen LogP contribution in [0.25, 0.3) is 0 Å². The van der Waals surface area contributed by atoms with Crippen molar-refractivity contribution in [1.29, 1.82) is 0 Å². The van der Waals surface area contributed by atoms with E-state index in [4.69, 9.17) is 27.2 Å². The highest BCUT2D eigenvalue weighted by molar-refractivity contribution is 6.33. The molecule has 0 heterocycles. The Bertz CT molecular complexity index is 289. The summed E-state index contributed by atoms with van der Waals surface area (Å²) in [6.07, 6.45) is 0. The van der Waals surface area contributed by atoms with Crippen molar-refractivity contribution in [2.45, 2.75) is 6.61 Å². The van der Waals surface area contributed by atoms with Gasteiger partial charge in [0.1, 0.15) is 5.75 Å². The molecule has 0 saturated carbocycles. The van der Waals surface area contributed by atoms with E-state index in [1.807, 2.05) is 0 Å². The van der Waals surface area contributed by atoms with Crippen LogP contribution in [-0.2, 0) is 6.61 Å². The summed E-state index contributed by atoms with van der Waals surface area (Å²) in [5, 5.41) is 9.37. The number of aliphatic hydroxyl groups is 1. The Balaban J connectivity index is 3.25. The zero-order valence-electron chi connectivity index (χ0n) is 6.67. The molecule has 0 saturated heterocycles. The number of ether oxygens (including phenoxy) is 1. The molecule has 0 spiro atoms. The second-order valence-corrected chi connectivity index (χ2v) is 2.71. The van der Waals surface area contributed by atoms with Gasteiger partial charge in [-0.05, 0) is 12.1 Å². The number of rotatable bonds is 2. The fourth-order valence-corrected chi connectivity index (χ4v) is 1.15. The number of benzene rings is 1. The lowest BCUT2D eigenvalue weighted by molar-refractivity contribution is 0.274. The van der Waals surface area contributed by atoms with Crippen molar-refractivity contribution < 1.29 is 9.84 Å². The van der Waals surface area contributed by atoms with Gasteiger partial charge in [0.25, 0.3) is 0 Å². The van der Waals surface area contributed by atoms with Gasteiger partial charge in [-0.15, -0.1) is 0 Å². The standard InChI is InChI=1S/C8H10ClNO2/c1-12-7-3-2-6(9)8(10)5(7)4-11/h2-3,11H,4,10H2,1H3. The minimum atomic E-state index is -0.171. The molecule has 0 radical (unpaired) electrons. The number of nitrogens with two attached hydrogens (primary N) is 1. The molecule has 12 heavy (non-hydrogen) atoms. The van der Waals surface area contributed by atoms with Gasteiger partial charge in [-0.2, -0.15) is 0 Å². The highest BCUT2D eigenvalue weighted by atomic mass is 35.5. The molecule has 0 aliphatic rings. The van der Waals surface area contributed by atoms with Crippen LogP contribution in [0, 0.1) is 0 Å². The summed E-state index contributed by atoms with van der Waals surface area (Å²) in [4.78, 5) is 0. The molecular weight excluding hydrogens is 178 g/mol. The maximum Gasteiger partial charge on any atom is 0.126 e. The van der Waals surface area contributed by atoms with E-state index in [1.54, 1.807) is 12.1 Å². The second-order valence-electron chi connectivity index (χ2n) is 2.30. The van der Waals surface area contributed by atoms with E-state index in [-0.39, 0.29) is 6.61 Å². The maximum absolute atomic E-state index is 8.94. The van der Waals surface area contributed by atoms with Crippen molar-refractivity contribution in [3.05, 3.63) is 22.7 Å². The number of methoxy groups -OCH3 is 1. The molecule has 3 N–H and O–H groups in total. The van der Waals surface area contributed by atoms with Gasteiger partial charge in [-0.1, -0.05) is 11.6 Å². The zero-order chi connectivity index (χ0) is 9.14. The average molecular weight is 188 g/mol. The number of hydrogen-bond donors (Lipinski definition) is 2. The Kier molecular flexibility index (Phi) is 2.78. The highest BCUT2D eigenvalue weighted by Crippen LogP contribution is 2.30. The number of anilines is 1. The number of aliphatic hydroxyl groups excluding tert-OH is 1. The Hall–Kier alpha value is -0.930. The average Bonchev–Trinajstić information content (AvgIpc) is 2.09. The largest absolute Gasteiger partial charge is 0.496 e. The monoisotopic (exact) mass is 187 g/mol.